The van der Waals surface area contributed by atoms with E-state index >= 15 is 0 Å². The summed E-state index contributed by atoms with van der Waals surface area (Å²) < 4.78 is 23.3. The molecule has 0 aliphatic carbocycles. The molecular formula is C24H25NO7S. The van der Waals surface area contributed by atoms with E-state index in [9.17, 15) is 14.4 Å². The van der Waals surface area contributed by atoms with E-state index in [0.29, 0.717) is 6.61 Å². The molecule has 8 nitrogen and oxygen atoms in total. The zero-order valence-electron chi connectivity index (χ0n) is 18.3. The van der Waals surface area contributed by atoms with Crippen LogP contribution in [0.25, 0.3) is 0 Å². The van der Waals surface area contributed by atoms with Gasteiger partial charge in [-0.15, -0.1) is 0 Å². The average Bonchev–Trinajstić information content (AvgIpc) is 3.15. The fourth-order valence-corrected chi connectivity index (χ4v) is 5.19. The number of fused-ring (bicyclic) bond motifs is 1. The van der Waals surface area contributed by atoms with E-state index in [0.717, 1.165) is 15.4 Å². The number of ether oxygens (including phenoxy) is 4. The van der Waals surface area contributed by atoms with E-state index in [2.05, 4.69) is 0 Å². The third-order valence-electron chi connectivity index (χ3n) is 5.38. The normalized spacial score (nSPS) is 26.4. The van der Waals surface area contributed by atoms with Gasteiger partial charge in [0.25, 0.3) is 0 Å². The Morgan fingerprint density at radius 3 is 2.33 bits per heavy atom. The Hall–Kier alpha value is -2.88. The lowest BCUT2D eigenvalue weighted by Crippen LogP contribution is -2.61. The van der Waals surface area contributed by atoms with Crippen molar-refractivity contribution in [1.29, 1.82) is 0 Å². The third kappa shape index (κ3) is 5.38. The second-order valence-electron chi connectivity index (χ2n) is 7.78. The van der Waals surface area contributed by atoms with Crippen LogP contribution in [0.1, 0.15) is 19.4 Å². The van der Waals surface area contributed by atoms with Crippen molar-refractivity contribution in [3.8, 4) is 0 Å². The second kappa shape index (κ2) is 10.4. The standard InChI is InChI=1S/C24H25NO7S/c1-15(26)25-20-22(32-24(25)28)21(30-16(2)27)19(14-29-13-17-9-5-3-6-10-17)31-23(20)33-18-11-7-4-8-12-18/h3-12,19-23H,13-14H2,1-2H3/t19-,20-,21-,22-,23-/m1/s1. The summed E-state index contributed by atoms with van der Waals surface area (Å²) in [5, 5.41) is 0. The molecule has 0 aromatic heterocycles. The molecule has 0 N–H and O–H groups in total. The Morgan fingerprint density at radius 2 is 1.70 bits per heavy atom. The van der Waals surface area contributed by atoms with Crippen LogP contribution >= 0.6 is 11.8 Å². The maximum Gasteiger partial charge on any atom is 0.417 e. The molecule has 174 valence electrons. The molecule has 9 heteroatoms. The predicted molar refractivity (Wildman–Crippen MR) is 119 cm³/mol. The molecule has 0 unspecified atom stereocenters. The predicted octanol–water partition coefficient (Wildman–Crippen LogP) is 3.39. The zero-order chi connectivity index (χ0) is 23.4. The number of rotatable bonds is 7. The Bertz CT molecular complexity index is 987. The molecule has 2 aliphatic heterocycles. The fraction of sp³-hybridized carbons (Fsp3) is 0.375. The zero-order valence-corrected chi connectivity index (χ0v) is 19.1. The Labute approximate surface area is 196 Å². The fourth-order valence-electron chi connectivity index (χ4n) is 4.00. The molecule has 4 rings (SSSR count). The summed E-state index contributed by atoms with van der Waals surface area (Å²) in [5.74, 6) is -1.00. The molecule has 2 aromatic carbocycles. The molecule has 0 saturated carbocycles. The van der Waals surface area contributed by atoms with Crippen LogP contribution in [-0.2, 0) is 35.1 Å². The first-order chi connectivity index (χ1) is 15.9. The number of hydrogen-bond donors (Lipinski definition) is 0. The van der Waals surface area contributed by atoms with E-state index < -0.39 is 47.8 Å². The monoisotopic (exact) mass is 471 g/mol. The first-order valence-electron chi connectivity index (χ1n) is 10.6. The molecule has 2 amide bonds. The number of carbonyl (C=O) groups is 3. The molecule has 0 bridgehead atoms. The van der Waals surface area contributed by atoms with E-state index in [1.54, 1.807) is 0 Å². The highest BCUT2D eigenvalue weighted by atomic mass is 32.2. The Balaban J connectivity index is 1.59. The summed E-state index contributed by atoms with van der Waals surface area (Å²) in [6.07, 6.45) is -3.25. The van der Waals surface area contributed by atoms with Gasteiger partial charge in [0.1, 0.15) is 17.6 Å². The minimum atomic E-state index is -0.913. The molecule has 0 radical (unpaired) electrons. The summed E-state index contributed by atoms with van der Waals surface area (Å²) in [7, 11) is 0. The van der Waals surface area contributed by atoms with Gasteiger partial charge >= 0.3 is 12.1 Å². The van der Waals surface area contributed by atoms with Gasteiger partial charge in [-0.1, -0.05) is 60.3 Å². The van der Waals surface area contributed by atoms with Crippen LogP contribution in [0.3, 0.4) is 0 Å². The highest BCUT2D eigenvalue weighted by Gasteiger charge is 2.59. The SMILES string of the molecule is CC(=O)O[C@H]1[C@@H]2OC(=O)N(C(C)=O)[C@H]2[C@@H](Sc2ccccc2)O[C@@H]1COCc1ccccc1. The van der Waals surface area contributed by atoms with Gasteiger partial charge in [-0.3, -0.25) is 9.59 Å². The van der Waals surface area contributed by atoms with Gasteiger partial charge in [0, 0.05) is 18.7 Å². The van der Waals surface area contributed by atoms with E-state index in [-0.39, 0.29) is 6.61 Å². The molecule has 0 spiro atoms. The van der Waals surface area contributed by atoms with Crippen molar-refractivity contribution >= 4 is 29.7 Å². The highest BCUT2D eigenvalue weighted by molar-refractivity contribution is 7.99. The molecule has 2 saturated heterocycles. The topological polar surface area (TPSA) is 91.4 Å². The number of esters is 1. The largest absolute Gasteiger partial charge is 0.456 e. The quantitative estimate of drug-likeness (QED) is 0.568. The van der Waals surface area contributed by atoms with Crippen molar-refractivity contribution < 1.29 is 33.3 Å². The summed E-state index contributed by atoms with van der Waals surface area (Å²) in [5.41, 5.74) is 0.352. The van der Waals surface area contributed by atoms with Gasteiger partial charge in [-0.05, 0) is 17.7 Å². The number of benzene rings is 2. The van der Waals surface area contributed by atoms with Gasteiger partial charge in [-0.2, -0.15) is 0 Å². The summed E-state index contributed by atoms with van der Waals surface area (Å²) in [4.78, 5) is 38.7. The average molecular weight is 472 g/mol. The van der Waals surface area contributed by atoms with Crippen molar-refractivity contribution in [2.75, 3.05) is 6.61 Å². The molecule has 2 heterocycles. The minimum absolute atomic E-state index is 0.111. The van der Waals surface area contributed by atoms with Crippen molar-refractivity contribution in [2.24, 2.45) is 0 Å². The van der Waals surface area contributed by atoms with E-state index in [1.165, 1.54) is 25.6 Å². The maximum atomic E-state index is 12.6. The summed E-state index contributed by atoms with van der Waals surface area (Å²) in [6, 6.07) is 18.4. The molecule has 2 aliphatic rings. The van der Waals surface area contributed by atoms with Crippen molar-refractivity contribution in [3.05, 3.63) is 66.2 Å². The maximum absolute atomic E-state index is 12.6. The van der Waals surface area contributed by atoms with Crippen molar-refractivity contribution in [1.82, 2.24) is 4.90 Å². The third-order valence-corrected chi connectivity index (χ3v) is 6.54. The minimum Gasteiger partial charge on any atom is -0.456 e. The smallest absolute Gasteiger partial charge is 0.417 e. The number of imide groups is 1. The van der Waals surface area contributed by atoms with E-state index in [1.807, 2.05) is 60.7 Å². The van der Waals surface area contributed by atoms with Crippen molar-refractivity contribution in [2.45, 2.75) is 55.1 Å². The number of thioether (sulfide) groups is 1. The van der Waals surface area contributed by atoms with Gasteiger partial charge in [0.05, 0.1) is 13.2 Å². The number of nitrogens with zero attached hydrogens (tertiary/aromatic N) is 1. The van der Waals surface area contributed by atoms with Crippen LogP contribution < -0.4 is 0 Å². The molecule has 5 atom stereocenters. The lowest BCUT2D eigenvalue weighted by molar-refractivity contribution is -0.195. The first-order valence-corrected chi connectivity index (χ1v) is 11.5. The molecule has 2 fully saturated rings. The van der Waals surface area contributed by atoms with Crippen LogP contribution in [0.5, 0.6) is 0 Å². The van der Waals surface area contributed by atoms with Gasteiger partial charge in [0.2, 0.25) is 5.91 Å². The lowest BCUT2D eigenvalue weighted by Gasteiger charge is -2.42. The van der Waals surface area contributed by atoms with E-state index in [4.69, 9.17) is 18.9 Å². The highest BCUT2D eigenvalue weighted by Crippen LogP contribution is 2.41. The number of amides is 2. The number of carbonyl (C=O) groups excluding carboxylic acids is 3. The molecule has 2 aromatic rings. The first kappa shape index (κ1) is 23.3. The summed E-state index contributed by atoms with van der Waals surface area (Å²) >= 11 is 1.37. The van der Waals surface area contributed by atoms with Crippen LogP contribution in [-0.4, -0.2) is 59.3 Å². The van der Waals surface area contributed by atoms with Gasteiger partial charge in [-0.25, -0.2) is 9.69 Å². The molecule has 33 heavy (non-hydrogen) atoms. The summed E-state index contributed by atoms with van der Waals surface area (Å²) in [6.45, 7) is 3.03. The van der Waals surface area contributed by atoms with Gasteiger partial charge < -0.3 is 18.9 Å². The van der Waals surface area contributed by atoms with Crippen LogP contribution in [0.2, 0.25) is 0 Å². The second-order valence-corrected chi connectivity index (χ2v) is 8.95. The van der Waals surface area contributed by atoms with Crippen LogP contribution in [0.4, 0.5) is 4.79 Å². The van der Waals surface area contributed by atoms with Crippen molar-refractivity contribution in [3.63, 3.8) is 0 Å². The number of hydrogen-bond acceptors (Lipinski definition) is 8. The molecular weight excluding hydrogens is 446 g/mol. The Kier molecular flexibility index (Phi) is 7.32. The van der Waals surface area contributed by atoms with Gasteiger partial charge in [0.15, 0.2) is 12.2 Å². The lowest BCUT2D eigenvalue weighted by atomic mass is 9.97. The van der Waals surface area contributed by atoms with Crippen LogP contribution in [0, 0.1) is 0 Å². The van der Waals surface area contributed by atoms with Crippen LogP contribution in [0.15, 0.2) is 65.6 Å². The Morgan fingerprint density at radius 1 is 1.03 bits per heavy atom.